The summed E-state index contributed by atoms with van der Waals surface area (Å²) in [7, 11) is 0. The lowest BCUT2D eigenvalue weighted by Crippen LogP contribution is -2.47. The van der Waals surface area contributed by atoms with Gasteiger partial charge in [-0.3, -0.25) is 9.91 Å². The molecule has 6 heteroatoms. The van der Waals surface area contributed by atoms with E-state index in [1.165, 1.54) is 0 Å². The van der Waals surface area contributed by atoms with Gasteiger partial charge < -0.3 is 0 Å². The van der Waals surface area contributed by atoms with Gasteiger partial charge in [0.25, 0.3) is 3.92 Å². The van der Waals surface area contributed by atoms with Crippen LogP contribution >= 0.6 is 34.8 Å². The highest BCUT2D eigenvalue weighted by molar-refractivity contribution is 6.67. The highest BCUT2D eigenvalue weighted by Gasteiger charge is 2.40. The zero-order valence-corrected chi connectivity index (χ0v) is 11.4. The summed E-state index contributed by atoms with van der Waals surface area (Å²) in [6.45, 7) is 6.25. The van der Waals surface area contributed by atoms with Crippen molar-refractivity contribution in [1.82, 2.24) is 9.91 Å². The van der Waals surface area contributed by atoms with E-state index in [1.807, 2.05) is 5.01 Å². The van der Waals surface area contributed by atoms with Crippen molar-refractivity contribution >= 4 is 41.1 Å². The molecule has 1 rings (SSSR count). The van der Waals surface area contributed by atoms with Crippen LogP contribution in [0.1, 0.15) is 33.6 Å². The fraction of sp³-hybridized carbons (Fsp3) is 0.889. The summed E-state index contributed by atoms with van der Waals surface area (Å²) in [5.41, 5.74) is 0. The van der Waals surface area contributed by atoms with Crippen LogP contribution in [0.3, 0.4) is 0 Å². The molecule has 0 aliphatic carbocycles. The van der Waals surface area contributed by atoms with Gasteiger partial charge in [0.05, 0.1) is 0 Å². The first kappa shape index (κ1) is 13.2. The average Bonchev–Trinajstić information content (AvgIpc) is 2.47. The lowest BCUT2D eigenvalue weighted by molar-refractivity contribution is 0.0903. The second kappa shape index (κ2) is 4.98. The van der Waals surface area contributed by atoms with E-state index in [-0.39, 0.29) is 6.17 Å². The van der Waals surface area contributed by atoms with Gasteiger partial charge in [0.15, 0.2) is 0 Å². The third kappa shape index (κ3) is 3.05. The molecule has 0 aromatic heterocycles. The van der Waals surface area contributed by atoms with Gasteiger partial charge >= 0.3 is 0 Å². The molecule has 15 heavy (non-hydrogen) atoms. The van der Waals surface area contributed by atoms with Crippen LogP contribution in [-0.4, -0.2) is 32.4 Å². The summed E-state index contributed by atoms with van der Waals surface area (Å²) in [5, 5.41) is 6.23. The molecule has 0 radical (unpaired) electrons. The number of hydrazone groups is 1. The Balaban J connectivity index is 2.80. The molecule has 0 N–H and O–H groups in total. The number of rotatable bonds is 3. The summed E-state index contributed by atoms with van der Waals surface area (Å²) in [4.78, 5) is 1.67. The lowest BCUT2D eigenvalue weighted by Gasteiger charge is -2.36. The van der Waals surface area contributed by atoms with Crippen LogP contribution in [0.2, 0.25) is 0 Å². The first-order valence-corrected chi connectivity index (χ1v) is 6.19. The summed E-state index contributed by atoms with van der Waals surface area (Å²) in [6.07, 6.45) is 3.59. The van der Waals surface area contributed by atoms with Gasteiger partial charge in [-0.1, -0.05) is 48.1 Å². The van der Waals surface area contributed by atoms with Crippen LogP contribution in [0.4, 0.5) is 0 Å². The van der Waals surface area contributed by atoms with Crippen molar-refractivity contribution in [3.05, 3.63) is 0 Å². The van der Waals surface area contributed by atoms with Gasteiger partial charge in [-0.2, -0.15) is 5.10 Å². The molecule has 0 aromatic rings. The van der Waals surface area contributed by atoms with Crippen molar-refractivity contribution in [1.29, 1.82) is 0 Å². The third-order valence-electron chi connectivity index (χ3n) is 2.30. The monoisotopic (exact) mass is 271 g/mol. The van der Waals surface area contributed by atoms with Gasteiger partial charge in [-0.25, -0.2) is 0 Å². The maximum Gasteiger partial charge on any atom is 0.270 e. The highest BCUT2D eigenvalue weighted by atomic mass is 35.6. The molecular weight excluding hydrogens is 256 g/mol. The van der Waals surface area contributed by atoms with E-state index in [9.17, 15) is 0 Å². The van der Waals surface area contributed by atoms with Crippen LogP contribution in [-0.2, 0) is 0 Å². The van der Waals surface area contributed by atoms with E-state index >= 15 is 0 Å². The van der Waals surface area contributed by atoms with Crippen molar-refractivity contribution in [2.45, 2.75) is 49.7 Å². The van der Waals surface area contributed by atoms with Gasteiger partial charge in [0, 0.05) is 6.04 Å². The molecule has 0 saturated heterocycles. The minimum Gasteiger partial charge on any atom is -0.295 e. The molecule has 1 unspecified atom stereocenters. The van der Waals surface area contributed by atoms with Gasteiger partial charge in [0.1, 0.15) is 12.5 Å². The fourth-order valence-corrected chi connectivity index (χ4v) is 2.11. The molecule has 0 saturated carbocycles. The Kier molecular flexibility index (Phi) is 4.38. The van der Waals surface area contributed by atoms with Crippen molar-refractivity contribution in [2.24, 2.45) is 5.10 Å². The quantitative estimate of drug-likeness (QED) is 0.579. The van der Waals surface area contributed by atoms with Crippen LogP contribution in [0.15, 0.2) is 5.10 Å². The minimum atomic E-state index is -1.42. The molecule has 0 aromatic carbocycles. The van der Waals surface area contributed by atoms with Crippen LogP contribution in [0, 0.1) is 0 Å². The second-order valence-corrected chi connectivity index (χ2v) is 6.07. The summed E-state index contributed by atoms with van der Waals surface area (Å²) >= 11 is 17.6. The Morgan fingerprint density at radius 2 is 2.00 bits per heavy atom. The van der Waals surface area contributed by atoms with Gasteiger partial charge in [0.2, 0.25) is 0 Å². The predicted molar refractivity (Wildman–Crippen MR) is 66.3 cm³/mol. The van der Waals surface area contributed by atoms with E-state index in [2.05, 4.69) is 25.9 Å². The second-order valence-electron chi connectivity index (χ2n) is 3.85. The molecule has 1 aliphatic heterocycles. The molecule has 1 atom stereocenters. The van der Waals surface area contributed by atoms with Crippen molar-refractivity contribution < 1.29 is 0 Å². The zero-order valence-electron chi connectivity index (χ0n) is 9.12. The Bertz CT molecular complexity index is 237. The summed E-state index contributed by atoms with van der Waals surface area (Å²) in [6, 6.07) is 0.301. The number of hydrogen-bond donors (Lipinski definition) is 0. The van der Waals surface area contributed by atoms with Gasteiger partial charge in [-0.05, 0) is 20.3 Å². The third-order valence-corrected chi connectivity index (χ3v) is 2.89. The Morgan fingerprint density at radius 1 is 1.40 bits per heavy atom. The van der Waals surface area contributed by atoms with Gasteiger partial charge in [-0.15, -0.1) is 0 Å². The van der Waals surface area contributed by atoms with Crippen molar-refractivity contribution in [3.63, 3.8) is 0 Å². The van der Waals surface area contributed by atoms with E-state index in [4.69, 9.17) is 34.8 Å². The normalized spacial score (nSPS) is 21.9. The number of halogens is 3. The number of hydrogen-bond acceptors (Lipinski definition) is 3. The van der Waals surface area contributed by atoms with E-state index in [1.54, 1.807) is 11.2 Å². The highest BCUT2D eigenvalue weighted by Crippen LogP contribution is 2.36. The Hall–Kier alpha value is 0.140. The molecule has 1 aliphatic rings. The zero-order chi connectivity index (χ0) is 11.6. The molecule has 0 spiro atoms. The first-order chi connectivity index (χ1) is 6.88. The van der Waals surface area contributed by atoms with Crippen LogP contribution in [0.25, 0.3) is 0 Å². The van der Waals surface area contributed by atoms with E-state index < -0.39 is 3.92 Å². The van der Waals surface area contributed by atoms with E-state index in [0.29, 0.717) is 6.04 Å². The number of alkyl halides is 3. The first-order valence-electron chi connectivity index (χ1n) is 5.05. The molecule has 3 nitrogen and oxygen atoms in total. The van der Waals surface area contributed by atoms with Crippen LogP contribution < -0.4 is 0 Å². The SMILES string of the molecule is CCCC1N(C(C)C)N=CN1C(Cl)(Cl)Cl. The standard InChI is InChI=1S/C9H16Cl3N3/c1-4-5-8-14(9(10,11)12)6-13-15(8)7(2)3/h6-8H,4-5H2,1-3H3. The largest absolute Gasteiger partial charge is 0.295 e. The Labute approximate surface area is 106 Å². The maximum absolute atomic E-state index is 5.88. The molecule has 0 amide bonds. The molecule has 1 heterocycles. The molecule has 88 valence electrons. The average molecular weight is 273 g/mol. The van der Waals surface area contributed by atoms with Crippen molar-refractivity contribution in [3.8, 4) is 0 Å². The Morgan fingerprint density at radius 3 is 2.40 bits per heavy atom. The predicted octanol–water partition coefficient (Wildman–Crippen LogP) is 3.41. The molecule has 0 bridgehead atoms. The van der Waals surface area contributed by atoms with E-state index in [0.717, 1.165) is 12.8 Å². The fourth-order valence-electron chi connectivity index (χ4n) is 1.64. The summed E-state index contributed by atoms with van der Waals surface area (Å²) in [5.74, 6) is 0. The summed E-state index contributed by atoms with van der Waals surface area (Å²) < 4.78 is -1.42. The number of nitrogens with zero attached hydrogens (tertiary/aromatic N) is 3. The van der Waals surface area contributed by atoms with Crippen molar-refractivity contribution in [2.75, 3.05) is 0 Å². The maximum atomic E-state index is 5.88. The van der Waals surface area contributed by atoms with Crippen LogP contribution in [0.5, 0.6) is 0 Å². The topological polar surface area (TPSA) is 18.8 Å². The molecule has 0 fully saturated rings. The lowest BCUT2D eigenvalue weighted by atomic mass is 10.2. The molecular formula is C9H16Cl3N3. The smallest absolute Gasteiger partial charge is 0.270 e. The minimum absolute atomic E-state index is 0.0440.